The fraction of sp³-hybridized carbons (Fsp3) is 0.357. The average Bonchev–Trinajstić information content (AvgIpc) is 2.66. The van der Waals surface area contributed by atoms with Gasteiger partial charge in [0.15, 0.2) is 0 Å². The lowest BCUT2D eigenvalue weighted by Gasteiger charge is -2.15. The van der Waals surface area contributed by atoms with Crippen molar-refractivity contribution in [3.05, 3.63) is 28.3 Å². The maximum absolute atomic E-state index is 5.79. The van der Waals surface area contributed by atoms with Crippen molar-refractivity contribution in [1.29, 1.82) is 0 Å². The molecule has 3 N–H and O–H groups in total. The quantitative estimate of drug-likeness (QED) is 0.855. The SMILES string of the molecule is COc1c(C)cc(-c2[nH]nc(N)c2C)c(C)c1C. The van der Waals surface area contributed by atoms with Crippen molar-refractivity contribution < 1.29 is 4.74 Å². The molecule has 18 heavy (non-hydrogen) atoms. The van der Waals surface area contributed by atoms with Gasteiger partial charge < -0.3 is 10.5 Å². The van der Waals surface area contributed by atoms with Gasteiger partial charge in [0, 0.05) is 11.1 Å². The Bertz CT molecular complexity index is 600. The molecule has 0 aliphatic carbocycles. The summed E-state index contributed by atoms with van der Waals surface area (Å²) in [5.41, 5.74) is 12.3. The van der Waals surface area contributed by atoms with Gasteiger partial charge in [-0.25, -0.2) is 0 Å². The monoisotopic (exact) mass is 245 g/mol. The number of nitrogens with two attached hydrogens (primary N) is 1. The largest absolute Gasteiger partial charge is 0.496 e. The van der Waals surface area contributed by atoms with Crippen LogP contribution in [0.15, 0.2) is 6.07 Å². The van der Waals surface area contributed by atoms with E-state index in [4.69, 9.17) is 10.5 Å². The van der Waals surface area contributed by atoms with Crippen molar-refractivity contribution in [3.63, 3.8) is 0 Å². The van der Waals surface area contributed by atoms with Crippen molar-refractivity contribution in [3.8, 4) is 17.0 Å². The van der Waals surface area contributed by atoms with Crippen LogP contribution in [0.2, 0.25) is 0 Å². The van der Waals surface area contributed by atoms with Crippen LogP contribution in [0, 0.1) is 27.7 Å². The number of benzene rings is 1. The second kappa shape index (κ2) is 4.37. The summed E-state index contributed by atoms with van der Waals surface area (Å²) in [4.78, 5) is 0. The third kappa shape index (κ3) is 1.74. The molecule has 0 radical (unpaired) electrons. The van der Waals surface area contributed by atoms with Crippen LogP contribution in [0.25, 0.3) is 11.3 Å². The standard InChI is InChI=1S/C14H19N3O/c1-7-6-11(8(2)9(3)13(7)18-5)12-10(4)14(15)17-16-12/h6H,1-5H3,(H3,15,16,17). The van der Waals surface area contributed by atoms with Crippen molar-refractivity contribution in [2.24, 2.45) is 0 Å². The second-order valence-corrected chi connectivity index (χ2v) is 4.63. The number of nitrogens with zero attached hydrogens (tertiary/aromatic N) is 1. The first kappa shape index (κ1) is 12.5. The Morgan fingerprint density at radius 3 is 2.28 bits per heavy atom. The van der Waals surface area contributed by atoms with Gasteiger partial charge in [0.05, 0.1) is 12.8 Å². The fourth-order valence-electron chi connectivity index (χ4n) is 2.31. The molecule has 2 rings (SSSR count). The number of methoxy groups -OCH3 is 1. The number of hydrogen-bond donors (Lipinski definition) is 2. The highest BCUT2D eigenvalue weighted by molar-refractivity contribution is 5.73. The lowest BCUT2D eigenvalue weighted by atomic mass is 9.95. The summed E-state index contributed by atoms with van der Waals surface area (Å²) >= 11 is 0. The van der Waals surface area contributed by atoms with E-state index in [1.807, 2.05) is 13.8 Å². The molecule has 0 saturated carbocycles. The minimum Gasteiger partial charge on any atom is -0.496 e. The molecule has 0 saturated heterocycles. The normalized spacial score (nSPS) is 10.7. The second-order valence-electron chi connectivity index (χ2n) is 4.63. The first-order chi connectivity index (χ1) is 8.47. The van der Waals surface area contributed by atoms with Crippen LogP contribution in [-0.4, -0.2) is 17.3 Å². The maximum atomic E-state index is 5.79. The summed E-state index contributed by atoms with van der Waals surface area (Å²) in [6, 6.07) is 2.11. The first-order valence-electron chi connectivity index (χ1n) is 5.93. The Hall–Kier alpha value is -1.97. The summed E-state index contributed by atoms with van der Waals surface area (Å²) in [6.07, 6.45) is 0. The average molecular weight is 245 g/mol. The molecule has 1 aromatic carbocycles. The van der Waals surface area contributed by atoms with Crippen molar-refractivity contribution in [1.82, 2.24) is 10.2 Å². The van der Waals surface area contributed by atoms with E-state index in [2.05, 4.69) is 30.1 Å². The molecule has 4 nitrogen and oxygen atoms in total. The molecule has 0 unspecified atom stereocenters. The molecule has 0 spiro atoms. The van der Waals surface area contributed by atoms with Gasteiger partial charge in [0.2, 0.25) is 0 Å². The van der Waals surface area contributed by atoms with Gasteiger partial charge in [-0.1, -0.05) is 0 Å². The predicted octanol–water partition coefficient (Wildman–Crippen LogP) is 2.90. The number of nitrogen functional groups attached to an aromatic ring is 1. The molecule has 0 aliphatic heterocycles. The zero-order valence-electron chi connectivity index (χ0n) is 11.5. The molecule has 0 aliphatic rings. The van der Waals surface area contributed by atoms with Gasteiger partial charge in [0.25, 0.3) is 0 Å². The Morgan fingerprint density at radius 2 is 1.78 bits per heavy atom. The number of hydrogen-bond acceptors (Lipinski definition) is 3. The number of ether oxygens (including phenoxy) is 1. The molecular formula is C14H19N3O. The van der Waals surface area contributed by atoms with E-state index in [9.17, 15) is 0 Å². The topological polar surface area (TPSA) is 63.9 Å². The predicted molar refractivity (Wildman–Crippen MR) is 73.9 cm³/mol. The molecule has 96 valence electrons. The van der Waals surface area contributed by atoms with E-state index in [0.717, 1.165) is 33.7 Å². The van der Waals surface area contributed by atoms with Crippen LogP contribution in [0.1, 0.15) is 22.3 Å². The number of aromatic nitrogens is 2. The number of anilines is 1. The number of aryl methyl sites for hydroxylation is 1. The van der Waals surface area contributed by atoms with Crippen LogP contribution in [-0.2, 0) is 0 Å². The molecule has 0 fully saturated rings. The molecule has 4 heteroatoms. The van der Waals surface area contributed by atoms with E-state index in [-0.39, 0.29) is 0 Å². The van der Waals surface area contributed by atoms with E-state index in [0.29, 0.717) is 5.82 Å². The van der Waals surface area contributed by atoms with Gasteiger partial charge in [-0.2, -0.15) is 5.10 Å². The van der Waals surface area contributed by atoms with Crippen molar-refractivity contribution >= 4 is 5.82 Å². The van der Waals surface area contributed by atoms with Crippen LogP contribution in [0.4, 0.5) is 5.82 Å². The minimum absolute atomic E-state index is 0.551. The van der Waals surface area contributed by atoms with E-state index < -0.39 is 0 Å². The van der Waals surface area contributed by atoms with Gasteiger partial charge in [-0.15, -0.1) is 0 Å². The van der Waals surface area contributed by atoms with Crippen LogP contribution in [0.5, 0.6) is 5.75 Å². The molecule has 1 heterocycles. The fourth-order valence-corrected chi connectivity index (χ4v) is 2.31. The Balaban J connectivity index is 2.70. The Labute approximate surface area is 107 Å². The molecule has 0 amide bonds. The van der Waals surface area contributed by atoms with E-state index in [1.54, 1.807) is 7.11 Å². The lowest BCUT2D eigenvalue weighted by molar-refractivity contribution is 0.408. The number of rotatable bonds is 2. The van der Waals surface area contributed by atoms with Gasteiger partial charge >= 0.3 is 0 Å². The zero-order chi connectivity index (χ0) is 13.4. The highest BCUT2D eigenvalue weighted by atomic mass is 16.5. The summed E-state index contributed by atoms with van der Waals surface area (Å²) in [7, 11) is 1.70. The summed E-state index contributed by atoms with van der Waals surface area (Å²) in [5.74, 6) is 1.50. The van der Waals surface area contributed by atoms with Gasteiger partial charge in [-0.05, 0) is 50.5 Å². The van der Waals surface area contributed by atoms with Gasteiger partial charge in [0.1, 0.15) is 11.6 Å². The number of nitrogens with one attached hydrogen (secondary N) is 1. The molecule has 0 atom stereocenters. The summed E-state index contributed by atoms with van der Waals surface area (Å²) in [5, 5.41) is 7.06. The summed E-state index contributed by atoms with van der Waals surface area (Å²) in [6.45, 7) is 8.18. The summed E-state index contributed by atoms with van der Waals surface area (Å²) < 4.78 is 5.43. The molecule has 2 aromatic rings. The highest BCUT2D eigenvalue weighted by Gasteiger charge is 2.15. The highest BCUT2D eigenvalue weighted by Crippen LogP contribution is 2.35. The van der Waals surface area contributed by atoms with Crippen LogP contribution >= 0.6 is 0 Å². The number of aromatic amines is 1. The first-order valence-corrected chi connectivity index (χ1v) is 5.93. The maximum Gasteiger partial charge on any atom is 0.148 e. The molecule has 0 bridgehead atoms. The van der Waals surface area contributed by atoms with Crippen LogP contribution in [0.3, 0.4) is 0 Å². The lowest BCUT2D eigenvalue weighted by Crippen LogP contribution is -1.97. The minimum atomic E-state index is 0.551. The smallest absolute Gasteiger partial charge is 0.148 e. The molecule has 1 aromatic heterocycles. The van der Waals surface area contributed by atoms with Crippen molar-refractivity contribution in [2.45, 2.75) is 27.7 Å². The van der Waals surface area contributed by atoms with E-state index in [1.165, 1.54) is 5.56 Å². The van der Waals surface area contributed by atoms with E-state index >= 15 is 0 Å². The van der Waals surface area contributed by atoms with Crippen molar-refractivity contribution in [2.75, 3.05) is 12.8 Å². The third-order valence-electron chi connectivity index (χ3n) is 3.55. The van der Waals surface area contributed by atoms with Crippen LogP contribution < -0.4 is 10.5 Å². The zero-order valence-corrected chi connectivity index (χ0v) is 11.5. The Kier molecular flexibility index (Phi) is 3.03. The Morgan fingerprint density at radius 1 is 1.11 bits per heavy atom. The number of H-pyrrole nitrogens is 1. The van der Waals surface area contributed by atoms with Gasteiger partial charge in [-0.3, -0.25) is 5.10 Å². The third-order valence-corrected chi connectivity index (χ3v) is 3.55. The molecular weight excluding hydrogens is 226 g/mol.